The van der Waals surface area contributed by atoms with Crippen LogP contribution in [0.1, 0.15) is 26.3 Å². The van der Waals surface area contributed by atoms with E-state index < -0.39 is 17.4 Å². The van der Waals surface area contributed by atoms with Crippen molar-refractivity contribution in [3.8, 4) is 0 Å². The third kappa shape index (κ3) is 3.17. The molecule has 2 N–H and O–H groups in total. The molecular weight excluding hydrogens is 272 g/mol. The second-order valence-electron chi connectivity index (χ2n) is 4.39. The Morgan fingerprint density at radius 2 is 2.00 bits per heavy atom. The van der Waals surface area contributed by atoms with Crippen LogP contribution >= 0.6 is 0 Å². The third-order valence-corrected chi connectivity index (χ3v) is 2.94. The highest BCUT2D eigenvalue weighted by Crippen LogP contribution is 2.13. The van der Waals surface area contributed by atoms with Crippen LogP contribution in [0.15, 0.2) is 41.3 Å². The number of esters is 1. The molecule has 0 unspecified atom stereocenters. The highest BCUT2D eigenvalue weighted by Gasteiger charge is 2.14. The number of pyridine rings is 1. The number of aromatic amines is 1. The van der Waals surface area contributed by atoms with E-state index in [1.165, 1.54) is 19.4 Å². The Labute approximate surface area is 120 Å². The topological polar surface area (TPSA) is 88.3 Å². The normalized spacial score (nSPS) is 10.0. The van der Waals surface area contributed by atoms with E-state index in [0.717, 1.165) is 0 Å². The molecule has 1 aromatic carbocycles. The molecule has 0 atom stereocenters. The number of carbonyl (C=O) groups excluding carboxylic acids is 2. The smallest absolute Gasteiger partial charge is 0.337 e. The van der Waals surface area contributed by atoms with Crippen molar-refractivity contribution >= 4 is 17.6 Å². The van der Waals surface area contributed by atoms with Gasteiger partial charge in [-0.3, -0.25) is 9.59 Å². The summed E-state index contributed by atoms with van der Waals surface area (Å²) < 4.78 is 4.61. The van der Waals surface area contributed by atoms with Crippen molar-refractivity contribution in [2.24, 2.45) is 0 Å². The number of nitrogens with one attached hydrogen (secondary N) is 2. The van der Waals surface area contributed by atoms with Crippen molar-refractivity contribution in [2.75, 3.05) is 12.4 Å². The van der Waals surface area contributed by atoms with Gasteiger partial charge < -0.3 is 15.0 Å². The van der Waals surface area contributed by atoms with Crippen LogP contribution in [-0.4, -0.2) is 24.0 Å². The highest BCUT2D eigenvalue weighted by atomic mass is 16.5. The second kappa shape index (κ2) is 6.04. The number of H-pyrrole nitrogens is 1. The van der Waals surface area contributed by atoms with E-state index in [9.17, 15) is 14.4 Å². The van der Waals surface area contributed by atoms with Crippen LogP contribution in [0, 0.1) is 6.92 Å². The van der Waals surface area contributed by atoms with Crippen molar-refractivity contribution in [3.63, 3.8) is 0 Å². The number of benzene rings is 1. The number of rotatable bonds is 3. The van der Waals surface area contributed by atoms with Gasteiger partial charge >= 0.3 is 5.97 Å². The quantitative estimate of drug-likeness (QED) is 0.841. The number of aryl methyl sites for hydroxylation is 1. The molecule has 0 aliphatic heterocycles. The van der Waals surface area contributed by atoms with Gasteiger partial charge in [0.25, 0.3) is 11.5 Å². The zero-order chi connectivity index (χ0) is 15.4. The Morgan fingerprint density at radius 1 is 1.24 bits per heavy atom. The average molecular weight is 286 g/mol. The fraction of sp³-hybridized carbons (Fsp3) is 0.133. The van der Waals surface area contributed by atoms with Gasteiger partial charge in [-0.05, 0) is 36.8 Å². The molecule has 0 saturated carbocycles. The molecule has 1 amide bonds. The van der Waals surface area contributed by atoms with Crippen LogP contribution in [0.5, 0.6) is 0 Å². The number of carbonyl (C=O) groups is 2. The number of hydrogen-bond donors (Lipinski definition) is 2. The van der Waals surface area contributed by atoms with Gasteiger partial charge in [0.05, 0.1) is 12.7 Å². The van der Waals surface area contributed by atoms with Crippen LogP contribution in [-0.2, 0) is 4.74 Å². The van der Waals surface area contributed by atoms with Gasteiger partial charge in [-0.25, -0.2) is 4.79 Å². The van der Waals surface area contributed by atoms with E-state index in [0.29, 0.717) is 16.8 Å². The number of ether oxygens (including phenoxy) is 1. The minimum absolute atomic E-state index is 0.0426. The van der Waals surface area contributed by atoms with E-state index in [1.54, 1.807) is 31.2 Å². The van der Waals surface area contributed by atoms with Gasteiger partial charge in [-0.1, -0.05) is 6.07 Å². The molecule has 0 bridgehead atoms. The lowest BCUT2D eigenvalue weighted by molar-refractivity contribution is 0.0600. The van der Waals surface area contributed by atoms with Gasteiger partial charge in [0.1, 0.15) is 5.56 Å². The van der Waals surface area contributed by atoms with Crippen LogP contribution in [0.25, 0.3) is 0 Å². The standard InChI is InChI=1S/C15H14N2O4/c1-9-6-7-16-13(18)12(9)14(19)17-11-5-3-4-10(8-11)15(20)21-2/h3-8H,1-2H3,(H,16,18)(H,17,19). The molecule has 6 nitrogen and oxygen atoms in total. The Morgan fingerprint density at radius 3 is 2.67 bits per heavy atom. The maximum absolute atomic E-state index is 12.2. The lowest BCUT2D eigenvalue weighted by Crippen LogP contribution is -2.24. The predicted octanol–water partition coefficient (Wildman–Crippen LogP) is 1.72. The molecule has 6 heteroatoms. The molecule has 0 aliphatic rings. The highest BCUT2D eigenvalue weighted by molar-refractivity contribution is 6.05. The lowest BCUT2D eigenvalue weighted by atomic mass is 10.1. The Bertz CT molecular complexity index is 749. The molecule has 1 aromatic heterocycles. The van der Waals surface area contributed by atoms with Gasteiger partial charge in [0, 0.05) is 11.9 Å². The molecule has 0 radical (unpaired) electrons. The van der Waals surface area contributed by atoms with Crippen LogP contribution in [0.4, 0.5) is 5.69 Å². The monoisotopic (exact) mass is 286 g/mol. The second-order valence-corrected chi connectivity index (χ2v) is 4.39. The summed E-state index contributed by atoms with van der Waals surface area (Å²) in [5.41, 5.74) is 0.873. The number of hydrogen-bond acceptors (Lipinski definition) is 4. The van der Waals surface area contributed by atoms with E-state index in [2.05, 4.69) is 15.0 Å². The number of methoxy groups -OCH3 is 1. The van der Waals surface area contributed by atoms with Crippen LogP contribution in [0.2, 0.25) is 0 Å². The van der Waals surface area contributed by atoms with Gasteiger partial charge in [0.2, 0.25) is 0 Å². The molecule has 2 rings (SSSR count). The fourth-order valence-electron chi connectivity index (χ4n) is 1.89. The zero-order valence-electron chi connectivity index (χ0n) is 11.6. The molecule has 0 aliphatic carbocycles. The first-order valence-electron chi connectivity index (χ1n) is 6.21. The first-order chi connectivity index (χ1) is 10.0. The summed E-state index contributed by atoms with van der Waals surface area (Å²) in [5, 5.41) is 2.59. The molecule has 21 heavy (non-hydrogen) atoms. The van der Waals surface area contributed by atoms with E-state index in [4.69, 9.17) is 0 Å². The van der Waals surface area contributed by atoms with Crippen molar-refractivity contribution in [1.29, 1.82) is 0 Å². The predicted molar refractivity (Wildman–Crippen MR) is 77.5 cm³/mol. The Hall–Kier alpha value is -2.89. The molecular formula is C15H14N2O4. The molecule has 2 aromatic rings. The van der Waals surface area contributed by atoms with Gasteiger partial charge in [-0.15, -0.1) is 0 Å². The van der Waals surface area contributed by atoms with Crippen molar-refractivity contribution in [1.82, 2.24) is 4.98 Å². The van der Waals surface area contributed by atoms with Crippen molar-refractivity contribution in [2.45, 2.75) is 6.92 Å². The summed E-state index contributed by atoms with van der Waals surface area (Å²) >= 11 is 0. The van der Waals surface area contributed by atoms with Crippen LogP contribution in [0.3, 0.4) is 0 Å². The van der Waals surface area contributed by atoms with E-state index >= 15 is 0 Å². The van der Waals surface area contributed by atoms with Crippen LogP contribution < -0.4 is 10.9 Å². The number of anilines is 1. The summed E-state index contributed by atoms with van der Waals surface area (Å²) in [7, 11) is 1.28. The fourth-order valence-corrected chi connectivity index (χ4v) is 1.89. The third-order valence-electron chi connectivity index (χ3n) is 2.94. The van der Waals surface area contributed by atoms with Crippen molar-refractivity contribution in [3.05, 3.63) is 63.6 Å². The summed E-state index contributed by atoms with van der Waals surface area (Å²) in [6, 6.07) is 7.93. The minimum atomic E-state index is -0.531. The average Bonchev–Trinajstić information content (AvgIpc) is 2.46. The first kappa shape index (κ1) is 14.5. The Kier molecular flexibility index (Phi) is 4.18. The lowest BCUT2D eigenvalue weighted by Gasteiger charge is -2.07. The molecule has 108 valence electrons. The molecule has 1 heterocycles. The maximum atomic E-state index is 12.2. The summed E-state index contributed by atoms with van der Waals surface area (Å²) in [5.74, 6) is -1.03. The van der Waals surface area contributed by atoms with Gasteiger partial charge in [0.15, 0.2) is 0 Å². The Balaban J connectivity index is 2.28. The van der Waals surface area contributed by atoms with Gasteiger partial charge in [-0.2, -0.15) is 0 Å². The summed E-state index contributed by atoms with van der Waals surface area (Å²) in [6.45, 7) is 1.68. The number of amides is 1. The minimum Gasteiger partial charge on any atom is -0.465 e. The van der Waals surface area contributed by atoms with E-state index in [-0.39, 0.29) is 5.56 Å². The van der Waals surface area contributed by atoms with E-state index in [1.807, 2.05) is 0 Å². The largest absolute Gasteiger partial charge is 0.465 e. The maximum Gasteiger partial charge on any atom is 0.337 e. The molecule has 0 spiro atoms. The number of aromatic nitrogens is 1. The first-order valence-corrected chi connectivity index (χ1v) is 6.21. The zero-order valence-corrected chi connectivity index (χ0v) is 11.6. The molecule has 0 saturated heterocycles. The SMILES string of the molecule is COC(=O)c1cccc(NC(=O)c2c(C)cc[nH]c2=O)c1. The summed E-state index contributed by atoms with van der Waals surface area (Å²) in [4.78, 5) is 37.8. The summed E-state index contributed by atoms with van der Waals surface area (Å²) in [6.07, 6.45) is 1.48. The van der Waals surface area contributed by atoms with Crippen molar-refractivity contribution < 1.29 is 14.3 Å². The molecule has 0 fully saturated rings.